The predicted molar refractivity (Wildman–Crippen MR) is 107 cm³/mol. The highest BCUT2D eigenvalue weighted by molar-refractivity contribution is 7.19. The third-order valence-corrected chi connectivity index (χ3v) is 6.65. The number of ether oxygens (including phenoxy) is 1. The monoisotopic (exact) mass is 381 g/mol. The minimum absolute atomic E-state index is 0.195. The van der Waals surface area contributed by atoms with Crippen molar-refractivity contribution in [1.82, 2.24) is 19.9 Å². The molecule has 1 aliphatic carbocycles. The fourth-order valence-corrected chi connectivity index (χ4v) is 5.33. The third-order valence-electron chi connectivity index (χ3n) is 5.47. The minimum atomic E-state index is 0.195. The number of thiophene rings is 1. The van der Waals surface area contributed by atoms with E-state index in [1.807, 2.05) is 11.3 Å². The lowest BCUT2D eigenvalue weighted by Crippen LogP contribution is -2.48. The zero-order valence-corrected chi connectivity index (χ0v) is 16.5. The molecule has 1 fully saturated rings. The number of rotatable bonds is 2. The molecule has 3 aromatic rings. The van der Waals surface area contributed by atoms with Crippen molar-refractivity contribution in [2.45, 2.75) is 51.7 Å². The molecule has 0 N–H and O–H groups in total. The molecule has 0 radical (unpaired) electrons. The van der Waals surface area contributed by atoms with Crippen LogP contribution in [0.15, 0.2) is 18.6 Å². The lowest BCUT2D eigenvalue weighted by atomic mass is 9.96. The van der Waals surface area contributed by atoms with E-state index in [1.165, 1.54) is 28.7 Å². The van der Waals surface area contributed by atoms with Crippen LogP contribution < -0.4 is 4.90 Å². The van der Waals surface area contributed by atoms with E-state index in [4.69, 9.17) is 14.7 Å². The van der Waals surface area contributed by atoms with E-state index in [1.54, 1.807) is 18.6 Å². The van der Waals surface area contributed by atoms with Crippen molar-refractivity contribution >= 4 is 27.4 Å². The summed E-state index contributed by atoms with van der Waals surface area (Å²) in [7, 11) is 0. The molecule has 7 heteroatoms. The topological polar surface area (TPSA) is 64.0 Å². The Balaban J connectivity index is 1.74. The van der Waals surface area contributed by atoms with Crippen molar-refractivity contribution in [3.63, 3.8) is 0 Å². The van der Waals surface area contributed by atoms with Gasteiger partial charge in [0.15, 0.2) is 5.82 Å². The summed E-state index contributed by atoms with van der Waals surface area (Å²) >= 11 is 1.83. The van der Waals surface area contributed by atoms with Crippen molar-refractivity contribution < 1.29 is 4.74 Å². The summed E-state index contributed by atoms with van der Waals surface area (Å²) in [5, 5.41) is 1.25. The van der Waals surface area contributed by atoms with Crippen LogP contribution in [-0.4, -0.2) is 45.2 Å². The fourth-order valence-electron chi connectivity index (χ4n) is 4.07. The standard InChI is InChI=1S/C20H23N5OS/c1-12-11-26-13(2)10-25(12)19-17-14-5-3-4-6-16(14)27-20(17)24-18(23-19)15-9-21-7-8-22-15/h7-9,12-13H,3-6,10-11H2,1-2H3/t12-,13-/m0/s1. The Hall–Kier alpha value is -2.12. The molecule has 0 spiro atoms. The summed E-state index contributed by atoms with van der Waals surface area (Å²) in [5.74, 6) is 1.71. The highest BCUT2D eigenvalue weighted by atomic mass is 32.1. The Labute approximate surface area is 162 Å². The van der Waals surface area contributed by atoms with E-state index in [-0.39, 0.29) is 12.1 Å². The van der Waals surface area contributed by atoms with E-state index in [9.17, 15) is 0 Å². The zero-order chi connectivity index (χ0) is 18.4. The maximum atomic E-state index is 5.86. The first-order valence-corrected chi connectivity index (χ1v) is 10.5. The van der Waals surface area contributed by atoms with Crippen molar-refractivity contribution in [2.75, 3.05) is 18.1 Å². The van der Waals surface area contributed by atoms with Crippen LogP contribution in [0.3, 0.4) is 0 Å². The normalized spacial score (nSPS) is 22.8. The van der Waals surface area contributed by atoms with Gasteiger partial charge in [-0.05, 0) is 45.1 Å². The maximum absolute atomic E-state index is 5.86. The molecule has 0 unspecified atom stereocenters. The fraction of sp³-hybridized carbons (Fsp3) is 0.500. The quantitative estimate of drug-likeness (QED) is 0.675. The summed E-state index contributed by atoms with van der Waals surface area (Å²) in [4.78, 5) is 23.5. The Morgan fingerprint density at radius 2 is 2.04 bits per heavy atom. The largest absolute Gasteiger partial charge is 0.375 e. The highest BCUT2D eigenvalue weighted by Gasteiger charge is 2.30. The minimum Gasteiger partial charge on any atom is -0.375 e. The van der Waals surface area contributed by atoms with Gasteiger partial charge in [0.2, 0.25) is 0 Å². The predicted octanol–water partition coefficient (Wildman–Crippen LogP) is 3.64. The molecule has 1 aliphatic heterocycles. The second kappa shape index (κ2) is 6.80. The molecule has 1 saturated heterocycles. The van der Waals surface area contributed by atoms with E-state index in [0.717, 1.165) is 42.3 Å². The number of nitrogens with zero attached hydrogens (tertiary/aromatic N) is 5. The number of anilines is 1. The van der Waals surface area contributed by atoms with Gasteiger partial charge in [-0.1, -0.05) is 0 Å². The molecular formula is C20H23N5OS. The van der Waals surface area contributed by atoms with Gasteiger partial charge in [0.1, 0.15) is 16.3 Å². The zero-order valence-electron chi connectivity index (χ0n) is 15.7. The molecule has 4 heterocycles. The van der Waals surface area contributed by atoms with Gasteiger partial charge in [-0.25, -0.2) is 15.0 Å². The van der Waals surface area contributed by atoms with Gasteiger partial charge in [0, 0.05) is 23.8 Å². The van der Waals surface area contributed by atoms with Crippen LogP contribution in [0.1, 0.15) is 37.1 Å². The third kappa shape index (κ3) is 2.99. The first-order chi connectivity index (χ1) is 13.2. The Bertz CT molecular complexity index is 973. The van der Waals surface area contributed by atoms with Crippen LogP contribution in [0.5, 0.6) is 0 Å². The molecule has 5 rings (SSSR count). The molecule has 0 aromatic carbocycles. The van der Waals surface area contributed by atoms with E-state index < -0.39 is 0 Å². The molecule has 6 nitrogen and oxygen atoms in total. The maximum Gasteiger partial charge on any atom is 0.183 e. The average Bonchev–Trinajstić information content (AvgIpc) is 3.08. The number of hydrogen-bond donors (Lipinski definition) is 0. The lowest BCUT2D eigenvalue weighted by molar-refractivity contribution is 0.0342. The van der Waals surface area contributed by atoms with Crippen LogP contribution in [0.25, 0.3) is 21.7 Å². The van der Waals surface area contributed by atoms with Gasteiger partial charge in [-0.2, -0.15) is 0 Å². The van der Waals surface area contributed by atoms with Crippen LogP contribution in [0, 0.1) is 0 Å². The molecular weight excluding hydrogens is 358 g/mol. The van der Waals surface area contributed by atoms with Crippen molar-refractivity contribution in [2.24, 2.45) is 0 Å². The summed E-state index contributed by atoms with van der Waals surface area (Å²) in [6.45, 7) is 5.90. The number of aromatic nitrogens is 4. The van der Waals surface area contributed by atoms with Gasteiger partial charge < -0.3 is 9.64 Å². The lowest BCUT2D eigenvalue weighted by Gasteiger charge is -2.38. The Kier molecular flexibility index (Phi) is 4.28. The second-order valence-electron chi connectivity index (χ2n) is 7.50. The van der Waals surface area contributed by atoms with E-state index in [0.29, 0.717) is 5.82 Å². The van der Waals surface area contributed by atoms with Crippen LogP contribution in [0.4, 0.5) is 5.82 Å². The van der Waals surface area contributed by atoms with E-state index >= 15 is 0 Å². The van der Waals surface area contributed by atoms with Crippen LogP contribution in [0.2, 0.25) is 0 Å². The van der Waals surface area contributed by atoms with Crippen molar-refractivity contribution in [3.8, 4) is 11.5 Å². The summed E-state index contributed by atoms with van der Waals surface area (Å²) in [6.07, 6.45) is 10.1. The summed E-state index contributed by atoms with van der Waals surface area (Å²) < 4.78 is 5.86. The molecule has 0 saturated carbocycles. The average molecular weight is 382 g/mol. The number of hydrogen-bond acceptors (Lipinski definition) is 7. The van der Waals surface area contributed by atoms with Gasteiger partial charge in [-0.3, -0.25) is 4.98 Å². The van der Waals surface area contributed by atoms with Crippen LogP contribution in [-0.2, 0) is 17.6 Å². The Morgan fingerprint density at radius 1 is 1.15 bits per heavy atom. The molecule has 0 bridgehead atoms. The molecule has 2 atom stereocenters. The summed E-state index contributed by atoms with van der Waals surface area (Å²) in [5.41, 5.74) is 2.19. The first-order valence-electron chi connectivity index (χ1n) is 9.67. The Morgan fingerprint density at radius 3 is 2.89 bits per heavy atom. The number of aryl methyl sites for hydroxylation is 2. The SMILES string of the molecule is C[C@H]1CN(c2nc(-c3cnccn3)nc3sc4c(c23)CCCC4)[C@@H](C)CO1. The van der Waals surface area contributed by atoms with Gasteiger partial charge in [0.05, 0.1) is 30.3 Å². The molecule has 27 heavy (non-hydrogen) atoms. The smallest absolute Gasteiger partial charge is 0.183 e. The van der Waals surface area contributed by atoms with E-state index in [2.05, 4.69) is 28.7 Å². The van der Waals surface area contributed by atoms with Crippen LogP contribution >= 0.6 is 11.3 Å². The highest BCUT2D eigenvalue weighted by Crippen LogP contribution is 2.41. The number of morpholine rings is 1. The molecule has 3 aromatic heterocycles. The molecule has 140 valence electrons. The van der Waals surface area contributed by atoms with Gasteiger partial charge >= 0.3 is 0 Å². The number of fused-ring (bicyclic) bond motifs is 3. The van der Waals surface area contributed by atoms with Gasteiger partial charge in [-0.15, -0.1) is 11.3 Å². The second-order valence-corrected chi connectivity index (χ2v) is 8.58. The molecule has 0 amide bonds. The first kappa shape index (κ1) is 17.0. The van der Waals surface area contributed by atoms with Crippen molar-refractivity contribution in [3.05, 3.63) is 29.0 Å². The molecule has 2 aliphatic rings. The van der Waals surface area contributed by atoms with Gasteiger partial charge in [0.25, 0.3) is 0 Å². The summed E-state index contributed by atoms with van der Waals surface area (Å²) in [6, 6.07) is 0.285. The van der Waals surface area contributed by atoms with Crippen molar-refractivity contribution in [1.29, 1.82) is 0 Å².